The third-order valence-electron chi connectivity index (χ3n) is 2.67. The number of aryl methyl sites for hydroxylation is 1. The second-order valence-corrected chi connectivity index (χ2v) is 4.78. The fourth-order valence-electron chi connectivity index (χ4n) is 1.79. The van der Waals surface area contributed by atoms with Crippen molar-refractivity contribution in [3.8, 4) is 0 Å². The monoisotopic (exact) mass is 236 g/mol. The quantitative estimate of drug-likeness (QED) is 0.879. The van der Waals surface area contributed by atoms with Crippen LogP contribution in [-0.4, -0.2) is 21.8 Å². The Bertz CT molecular complexity index is 459. The summed E-state index contributed by atoms with van der Waals surface area (Å²) < 4.78 is 2.05. The predicted octanol–water partition coefficient (Wildman–Crippen LogP) is 1.72. The van der Waals surface area contributed by atoms with Gasteiger partial charge in [0, 0.05) is 28.9 Å². The average Bonchev–Trinajstić information content (AvgIpc) is 2.84. The first-order valence-corrected chi connectivity index (χ1v) is 6.15. The van der Waals surface area contributed by atoms with Gasteiger partial charge < -0.3 is 5.32 Å². The minimum Gasteiger partial charge on any atom is -0.316 e. The smallest absolute Gasteiger partial charge is 0.0794 e. The zero-order valence-corrected chi connectivity index (χ0v) is 10.6. The second-order valence-electron chi connectivity index (χ2n) is 3.81. The van der Waals surface area contributed by atoms with Gasteiger partial charge in [-0.1, -0.05) is 0 Å². The molecule has 0 saturated heterocycles. The number of nitrogens with one attached hydrogen (secondary N) is 1. The van der Waals surface area contributed by atoms with E-state index in [1.165, 1.54) is 16.1 Å². The molecule has 2 aromatic rings. The molecule has 5 heteroatoms. The van der Waals surface area contributed by atoms with Crippen LogP contribution in [0.25, 0.3) is 0 Å². The Balaban J connectivity index is 2.25. The molecule has 0 radical (unpaired) electrons. The molecule has 0 unspecified atom stereocenters. The first kappa shape index (κ1) is 11.3. The van der Waals surface area contributed by atoms with Crippen LogP contribution >= 0.6 is 11.3 Å². The molecule has 0 bridgehead atoms. The second kappa shape index (κ2) is 4.76. The normalized spacial score (nSPS) is 10.9. The van der Waals surface area contributed by atoms with Crippen molar-refractivity contribution in [2.75, 3.05) is 7.05 Å². The fourth-order valence-corrected chi connectivity index (χ4v) is 2.36. The standard InChI is InChI=1S/C11H16N4S/c1-8-11(5-12-3)9(2)15(14-8)6-10-4-13-7-16-10/h4,7,12H,5-6H2,1-3H3. The van der Waals surface area contributed by atoms with Crippen LogP contribution < -0.4 is 5.32 Å². The van der Waals surface area contributed by atoms with Gasteiger partial charge in [0.1, 0.15) is 0 Å². The van der Waals surface area contributed by atoms with Gasteiger partial charge in [0.2, 0.25) is 0 Å². The van der Waals surface area contributed by atoms with E-state index < -0.39 is 0 Å². The summed E-state index contributed by atoms with van der Waals surface area (Å²) >= 11 is 1.67. The molecular weight excluding hydrogens is 220 g/mol. The molecule has 2 heterocycles. The van der Waals surface area contributed by atoms with Crippen molar-refractivity contribution in [1.29, 1.82) is 0 Å². The largest absolute Gasteiger partial charge is 0.316 e. The molecule has 0 aliphatic rings. The molecule has 0 aliphatic carbocycles. The molecule has 0 amide bonds. The third-order valence-corrected chi connectivity index (χ3v) is 3.44. The first-order chi connectivity index (χ1) is 7.72. The van der Waals surface area contributed by atoms with Gasteiger partial charge in [-0.3, -0.25) is 9.67 Å². The van der Waals surface area contributed by atoms with Crippen LogP contribution in [0.1, 0.15) is 21.8 Å². The van der Waals surface area contributed by atoms with Crippen molar-refractivity contribution < 1.29 is 0 Å². The summed E-state index contributed by atoms with van der Waals surface area (Å²) in [6.45, 7) is 5.87. The molecular formula is C11H16N4S. The molecule has 1 N–H and O–H groups in total. The maximum Gasteiger partial charge on any atom is 0.0794 e. The Kier molecular flexibility index (Phi) is 3.36. The van der Waals surface area contributed by atoms with Gasteiger partial charge in [-0.05, 0) is 20.9 Å². The Morgan fingerprint density at radius 3 is 2.88 bits per heavy atom. The van der Waals surface area contributed by atoms with Gasteiger partial charge >= 0.3 is 0 Å². The lowest BCUT2D eigenvalue weighted by molar-refractivity contribution is 0.663. The van der Waals surface area contributed by atoms with Crippen LogP contribution in [0.15, 0.2) is 11.7 Å². The van der Waals surface area contributed by atoms with Gasteiger partial charge in [-0.2, -0.15) is 5.10 Å². The zero-order chi connectivity index (χ0) is 11.5. The molecule has 86 valence electrons. The lowest BCUT2D eigenvalue weighted by atomic mass is 10.2. The molecule has 4 nitrogen and oxygen atoms in total. The third kappa shape index (κ3) is 2.15. The number of aromatic nitrogens is 3. The number of nitrogens with zero attached hydrogens (tertiary/aromatic N) is 3. The van der Waals surface area contributed by atoms with Gasteiger partial charge in [-0.15, -0.1) is 11.3 Å². The average molecular weight is 236 g/mol. The van der Waals surface area contributed by atoms with E-state index in [0.717, 1.165) is 18.8 Å². The van der Waals surface area contributed by atoms with E-state index in [0.29, 0.717) is 0 Å². The molecule has 16 heavy (non-hydrogen) atoms. The predicted molar refractivity (Wildman–Crippen MR) is 65.7 cm³/mol. The Morgan fingerprint density at radius 1 is 1.44 bits per heavy atom. The molecule has 0 aromatic carbocycles. The SMILES string of the molecule is CNCc1c(C)nn(Cc2cncs2)c1C. The summed E-state index contributed by atoms with van der Waals surface area (Å²) in [5.41, 5.74) is 5.50. The van der Waals surface area contributed by atoms with Crippen LogP contribution in [0, 0.1) is 13.8 Å². The first-order valence-electron chi connectivity index (χ1n) is 5.27. The van der Waals surface area contributed by atoms with Crippen molar-refractivity contribution >= 4 is 11.3 Å². The summed E-state index contributed by atoms with van der Waals surface area (Å²) in [5, 5.41) is 7.73. The van der Waals surface area contributed by atoms with Crippen molar-refractivity contribution in [3.05, 3.63) is 33.5 Å². The van der Waals surface area contributed by atoms with E-state index in [2.05, 4.69) is 33.9 Å². The van der Waals surface area contributed by atoms with E-state index in [1.54, 1.807) is 11.3 Å². The zero-order valence-electron chi connectivity index (χ0n) is 9.82. The lowest BCUT2D eigenvalue weighted by Crippen LogP contribution is -2.08. The van der Waals surface area contributed by atoms with Crippen LogP contribution in [0.4, 0.5) is 0 Å². The summed E-state index contributed by atoms with van der Waals surface area (Å²) in [4.78, 5) is 5.32. The summed E-state index contributed by atoms with van der Waals surface area (Å²) in [7, 11) is 1.96. The van der Waals surface area contributed by atoms with Crippen LogP contribution in [0.5, 0.6) is 0 Å². The summed E-state index contributed by atoms with van der Waals surface area (Å²) in [6.07, 6.45) is 1.90. The molecule has 2 aromatic heterocycles. The summed E-state index contributed by atoms with van der Waals surface area (Å²) in [6, 6.07) is 0. The van der Waals surface area contributed by atoms with E-state index in [4.69, 9.17) is 0 Å². The fraction of sp³-hybridized carbons (Fsp3) is 0.455. The molecule has 2 rings (SSSR count). The number of rotatable bonds is 4. The highest BCUT2D eigenvalue weighted by Gasteiger charge is 2.10. The number of hydrogen-bond acceptors (Lipinski definition) is 4. The topological polar surface area (TPSA) is 42.7 Å². The maximum absolute atomic E-state index is 4.56. The molecule has 0 atom stereocenters. The minimum atomic E-state index is 0.820. The number of hydrogen-bond donors (Lipinski definition) is 1. The van der Waals surface area contributed by atoms with Crippen LogP contribution in [0.3, 0.4) is 0 Å². The van der Waals surface area contributed by atoms with Crippen molar-refractivity contribution in [2.45, 2.75) is 26.9 Å². The highest BCUT2D eigenvalue weighted by Crippen LogP contribution is 2.15. The maximum atomic E-state index is 4.56. The Labute approximate surface area is 99.3 Å². The van der Waals surface area contributed by atoms with Gasteiger partial charge in [0.05, 0.1) is 17.7 Å². The Morgan fingerprint density at radius 2 is 2.25 bits per heavy atom. The number of thiazole rings is 1. The van der Waals surface area contributed by atoms with Gasteiger partial charge in [0.25, 0.3) is 0 Å². The molecule has 0 fully saturated rings. The molecule has 0 saturated carbocycles. The van der Waals surface area contributed by atoms with Gasteiger partial charge in [-0.25, -0.2) is 0 Å². The van der Waals surface area contributed by atoms with E-state index >= 15 is 0 Å². The highest BCUT2D eigenvalue weighted by molar-refractivity contribution is 7.09. The highest BCUT2D eigenvalue weighted by atomic mass is 32.1. The van der Waals surface area contributed by atoms with Crippen molar-refractivity contribution in [2.24, 2.45) is 0 Å². The minimum absolute atomic E-state index is 0.820. The van der Waals surface area contributed by atoms with Crippen LogP contribution in [0.2, 0.25) is 0 Å². The van der Waals surface area contributed by atoms with E-state index in [1.807, 2.05) is 18.8 Å². The van der Waals surface area contributed by atoms with Gasteiger partial charge in [0.15, 0.2) is 0 Å². The molecule has 0 spiro atoms. The van der Waals surface area contributed by atoms with Crippen molar-refractivity contribution in [1.82, 2.24) is 20.1 Å². The van der Waals surface area contributed by atoms with E-state index in [9.17, 15) is 0 Å². The van der Waals surface area contributed by atoms with E-state index in [-0.39, 0.29) is 0 Å². The van der Waals surface area contributed by atoms with Crippen LogP contribution in [-0.2, 0) is 13.1 Å². The molecule has 0 aliphatic heterocycles. The lowest BCUT2D eigenvalue weighted by Gasteiger charge is -2.03. The Hall–Kier alpha value is -1.20. The van der Waals surface area contributed by atoms with Crippen molar-refractivity contribution in [3.63, 3.8) is 0 Å². The summed E-state index contributed by atoms with van der Waals surface area (Å²) in [5.74, 6) is 0.